The van der Waals surface area contributed by atoms with Gasteiger partial charge in [0.1, 0.15) is 5.82 Å². The van der Waals surface area contributed by atoms with Crippen molar-refractivity contribution < 1.29 is 15.0 Å². The molecule has 0 radical (unpaired) electrons. The van der Waals surface area contributed by atoms with Crippen molar-refractivity contribution in [1.82, 2.24) is 9.97 Å². The summed E-state index contributed by atoms with van der Waals surface area (Å²) in [7, 11) is 0. The molecule has 4 nitrogen and oxygen atoms in total. The third kappa shape index (κ3) is 5.49. The number of H-pyrrole nitrogens is 1. The average Bonchev–Trinajstić information content (AvgIpc) is 2.38. The number of aromatic nitrogens is 2. The Morgan fingerprint density at radius 1 is 1.42 bits per heavy atom. The van der Waals surface area contributed by atoms with Crippen LogP contribution in [0.3, 0.4) is 0 Å². The Labute approximate surface area is 77.4 Å². The number of aryl methyl sites for hydroxylation is 2. The second kappa shape index (κ2) is 6.42. The predicted molar refractivity (Wildman–Crippen MR) is 39.3 cm³/mol. The Morgan fingerprint density at radius 3 is 2.08 bits per heavy atom. The van der Waals surface area contributed by atoms with Crippen LogP contribution >= 0.6 is 0 Å². The van der Waals surface area contributed by atoms with Crippen molar-refractivity contribution in [2.75, 3.05) is 0 Å². The van der Waals surface area contributed by atoms with Gasteiger partial charge in [-0.25, -0.2) is 4.98 Å². The summed E-state index contributed by atoms with van der Waals surface area (Å²) in [5.74, 6) is 0.984. The number of nitrogens with zero attached hydrogens (tertiary/aromatic N) is 3. The number of rotatable bonds is 0. The van der Waals surface area contributed by atoms with Gasteiger partial charge in [-0.15, -0.1) is 0 Å². The van der Waals surface area contributed by atoms with E-state index in [0.29, 0.717) is 0 Å². The molecule has 0 aliphatic rings. The van der Waals surface area contributed by atoms with Crippen LogP contribution in [0.15, 0.2) is 6.20 Å². The molecule has 0 saturated carbocycles. The zero-order valence-electron chi connectivity index (χ0n) is 6.77. The van der Waals surface area contributed by atoms with Crippen LogP contribution in [0, 0.1) is 34.3 Å². The van der Waals surface area contributed by atoms with Crippen molar-refractivity contribution in [3.8, 4) is 9.94 Å². The van der Waals surface area contributed by atoms with Crippen molar-refractivity contribution >= 4 is 0 Å². The Hall–Kier alpha value is -1.29. The Kier molecular flexibility index (Phi) is 5.73. The summed E-state index contributed by atoms with van der Waals surface area (Å²) in [4.78, 5) is 10.3. The molecule has 0 spiro atoms. The molecule has 0 unspecified atom stereocenters. The Bertz CT molecular complexity index is 275. The fraction of sp³-hybridized carbons (Fsp3) is 0.286. The predicted octanol–water partition coefficient (Wildman–Crippen LogP) is 1.06. The molecule has 1 N–H and O–H groups in total. The third-order valence-corrected chi connectivity index (χ3v) is 1.16. The summed E-state index contributed by atoms with van der Waals surface area (Å²) in [5, 5.41) is 15.2. The minimum atomic E-state index is 0. The standard InChI is InChI=1S/C5H8N2.2CN.Fe/c1-4-3-6-5(2)7-4;2*1-2;/h3H,1-2H3,(H,6,7);;;. The van der Waals surface area contributed by atoms with E-state index < -0.39 is 0 Å². The molecular formula is C7H8FeN4. The van der Waals surface area contributed by atoms with Crippen LogP contribution in [0.4, 0.5) is 0 Å². The van der Waals surface area contributed by atoms with Gasteiger partial charge in [0.15, 0.2) is 0 Å². The number of nitrogens with one attached hydrogen (secondary N) is 1. The quantitative estimate of drug-likeness (QED) is 0.641. The van der Waals surface area contributed by atoms with Crippen LogP contribution in [0.5, 0.6) is 0 Å². The van der Waals surface area contributed by atoms with E-state index in [1.807, 2.05) is 20.0 Å². The summed E-state index contributed by atoms with van der Waals surface area (Å²) < 4.78 is 0. The van der Waals surface area contributed by atoms with Gasteiger partial charge >= 0.3 is 35.4 Å². The summed E-state index contributed by atoms with van der Waals surface area (Å²) >= 11 is 0. The third-order valence-electron chi connectivity index (χ3n) is 0.913. The van der Waals surface area contributed by atoms with Gasteiger partial charge in [0, 0.05) is 6.20 Å². The molecule has 64 valence electrons. The average molecular weight is 204 g/mol. The number of hydrogen-bond acceptors (Lipinski definition) is 3. The van der Waals surface area contributed by atoms with Crippen molar-refractivity contribution in [1.29, 1.82) is 10.5 Å². The second-order valence-electron chi connectivity index (χ2n) is 1.87. The van der Waals surface area contributed by atoms with Crippen LogP contribution < -0.4 is 0 Å². The molecule has 0 fully saturated rings. The van der Waals surface area contributed by atoms with E-state index >= 15 is 0 Å². The van der Waals surface area contributed by atoms with E-state index in [1.165, 1.54) is 0 Å². The van der Waals surface area contributed by atoms with Crippen LogP contribution in [-0.2, 0) is 15.0 Å². The fourth-order valence-electron chi connectivity index (χ4n) is 0.556. The number of imidazole rings is 1. The van der Waals surface area contributed by atoms with E-state index in [2.05, 4.69) is 9.97 Å². The van der Waals surface area contributed by atoms with E-state index in [1.54, 1.807) is 9.94 Å². The SMILES string of the molecule is Cc1c[nH]c(C)n1.N#[C][Fe][C]#N. The molecule has 1 aromatic heterocycles. The topological polar surface area (TPSA) is 76.3 Å². The molecule has 0 bridgehead atoms. The molecule has 0 aromatic carbocycles. The van der Waals surface area contributed by atoms with E-state index in [9.17, 15) is 0 Å². The van der Waals surface area contributed by atoms with E-state index in [4.69, 9.17) is 10.5 Å². The Balaban J connectivity index is 0.000000217. The van der Waals surface area contributed by atoms with Gasteiger partial charge in [-0.1, -0.05) is 0 Å². The van der Waals surface area contributed by atoms with Crippen LogP contribution in [0.1, 0.15) is 11.5 Å². The second-order valence-corrected chi connectivity index (χ2v) is 2.64. The first-order chi connectivity index (χ1) is 5.70. The number of aromatic amines is 1. The van der Waals surface area contributed by atoms with Crippen molar-refractivity contribution in [2.24, 2.45) is 0 Å². The number of hydrogen-bond donors (Lipinski definition) is 1. The molecule has 0 amide bonds. The molecule has 0 aliphatic carbocycles. The molecule has 0 atom stereocenters. The molecule has 12 heavy (non-hydrogen) atoms. The van der Waals surface area contributed by atoms with Gasteiger partial charge in [-0.2, -0.15) is 0 Å². The normalized spacial score (nSPS) is 7.67. The summed E-state index contributed by atoms with van der Waals surface area (Å²) in [6.07, 6.45) is 1.88. The van der Waals surface area contributed by atoms with Gasteiger partial charge in [-0.3, -0.25) is 0 Å². The summed E-state index contributed by atoms with van der Waals surface area (Å²) in [6.45, 7) is 3.90. The van der Waals surface area contributed by atoms with Gasteiger partial charge in [0.05, 0.1) is 5.69 Å². The minimum absolute atomic E-state index is 0. The van der Waals surface area contributed by atoms with Crippen LogP contribution in [-0.4, -0.2) is 9.97 Å². The van der Waals surface area contributed by atoms with Gasteiger partial charge < -0.3 is 4.98 Å². The van der Waals surface area contributed by atoms with Gasteiger partial charge in [-0.05, 0) is 13.8 Å². The molecule has 5 heteroatoms. The van der Waals surface area contributed by atoms with Crippen LogP contribution in [0.2, 0.25) is 0 Å². The van der Waals surface area contributed by atoms with Crippen molar-refractivity contribution in [3.63, 3.8) is 0 Å². The molecule has 1 aromatic rings. The summed E-state index contributed by atoms with van der Waals surface area (Å²) in [6, 6.07) is 0. The Morgan fingerprint density at radius 2 is 2.00 bits per heavy atom. The maximum atomic E-state index is 7.59. The molecular weight excluding hydrogens is 196 g/mol. The zero-order valence-corrected chi connectivity index (χ0v) is 7.88. The maximum absolute atomic E-state index is 7.59. The van der Waals surface area contributed by atoms with E-state index in [-0.39, 0.29) is 15.0 Å². The monoisotopic (exact) mass is 204 g/mol. The first-order valence-electron chi connectivity index (χ1n) is 3.08. The first kappa shape index (κ1) is 10.7. The summed E-state index contributed by atoms with van der Waals surface area (Å²) in [5.41, 5.74) is 1.05. The fourth-order valence-corrected chi connectivity index (χ4v) is 0.611. The van der Waals surface area contributed by atoms with Gasteiger partial charge in [0.2, 0.25) is 0 Å². The van der Waals surface area contributed by atoms with E-state index in [0.717, 1.165) is 11.5 Å². The van der Waals surface area contributed by atoms with Crippen molar-refractivity contribution in [2.45, 2.75) is 13.8 Å². The zero-order chi connectivity index (χ0) is 9.40. The first-order valence-corrected chi connectivity index (χ1v) is 4.18. The molecule has 0 saturated heterocycles. The molecule has 1 heterocycles. The molecule has 1 rings (SSSR count). The molecule has 0 aliphatic heterocycles. The van der Waals surface area contributed by atoms with Gasteiger partial charge in [0.25, 0.3) is 0 Å². The van der Waals surface area contributed by atoms with Crippen LogP contribution in [0.25, 0.3) is 0 Å². The van der Waals surface area contributed by atoms with Crippen molar-refractivity contribution in [3.05, 3.63) is 17.7 Å². The number of nitriles is 2.